The Hall–Kier alpha value is -3.47. The van der Waals surface area contributed by atoms with Crippen molar-refractivity contribution in [1.29, 1.82) is 0 Å². The molecule has 11 heteroatoms. The van der Waals surface area contributed by atoms with E-state index < -0.39 is 60.2 Å². The van der Waals surface area contributed by atoms with E-state index in [4.69, 9.17) is 11.5 Å². The van der Waals surface area contributed by atoms with Gasteiger partial charge in [-0.1, -0.05) is 64.4 Å². The van der Waals surface area contributed by atoms with Crippen LogP contribution < -0.4 is 27.4 Å². The van der Waals surface area contributed by atoms with Gasteiger partial charge in [0, 0.05) is 6.42 Å². The zero-order valence-corrected chi connectivity index (χ0v) is 21.3. The third-order valence-corrected chi connectivity index (χ3v) is 5.79. The SMILES string of the molecule is CCC(C)C(NC(=O)C(Cc1ccccc1)NC(=O)C(N)CC(C)C)C(=O)NC(CC(N)=O)C(=O)O. The summed E-state index contributed by atoms with van der Waals surface area (Å²) in [6, 6.07) is 4.55. The van der Waals surface area contributed by atoms with Crippen molar-refractivity contribution in [3.63, 3.8) is 0 Å². The lowest BCUT2D eigenvalue weighted by molar-refractivity contribution is -0.144. The molecule has 0 saturated heterocycles. The van der Waals surface area contributed by atoms with Gasteiger partial charge in [0.15, 0.2) is 0 Å². The van der Waals surface area contributed by atoms with Crippen LogP contribution in [0.25, 0.3) is 0 Å². The Labute approximate surface area is 211 Å². The van der Waals surface area contributed by atoms with Crippen LogP contribution in [0, 0.1) is 11.8 Å². The average molecular weight is 506 g/mol. The Morgan fingerprint density at radius 2 is 1.47 bits per heavy atom. The number of benzene rings is 1. The summed E-state index contributed by atoms with van der Waals surface area (Å²) in [5.41, 5.74) is 11.9. The van der Waals surface area contributed by atoms with Gasteiger partial charge in [-0.2, -0.15) is 0 Å². The number of amides is 4. The van der Waals surface area contributed by atoms with Gasteiger partial charge in [0.05, 0.1) is 12.5 Å². The van der Waals surface area contributed by atoms with Crippen molar-refractivity contribution >= 4 is 29.6 Å². The van der Waals surface area contributed by atoms with E-state index in [9.17, 15) is 29.1 Å². The molecule has 0 spiro atoms. The third-order valence-electron chi connectivity index (χ3n) is 5.79. The minimum Gasteiger partial charge on any atom is -0.480 e. The second kappa shape index (κ2) is 14.8. The largest absolute Gasteiger partial charge is 0.480 e. The fraction of sp³-hybridized carbons (Fsp3) is 0.560. The molecule has 0 aliphatic heterocycles. The van der Waals surface area contributed by atoms with Crippen molar-refractivity contribution in [3.8, 4) is 0 Å². The lowest BCUT2D eigenvalue weighted by Crippen LogP contribution is -2.59. The first-order valence-corrected chi connectivity index (χ1v) is 12.1. The number of carboxylic acids is 1. The van der Waals surface area contributed by atoms with Crippen molar-refractivity contribution in [2.45, 2.75) is 77.5 Å². The maximum atomic E-state index is 13.3. The Morgan fingerprint density at radius 1 is 0.889 bits per heavy atom. The van der Waals surface area contributed by atoms with Crippen LogP contribution in [0.1, 0.15) is 52.5 Å². The van der Waals surface area contributed by atoms with Gasteiger partial charge in [0.25, 0.3) is 0 Å². The zero-order chi connectivity index (χ0) is 27.4. The quantitative estimate of drug-likeness (QED) is 0.194. The van der Waals surface area contributed by atoms with Crippen molar-refractivity contribution in [1.82, 2.24) is 16.0 Å². The lowest BCUT2D eigenvalue weighted by Gasteiger charge is -2.28. The smallest absolute Gasteiger partial charge is 0.326 e. The molecule has 0 heterocycles. The van der Waals surface area contributed by atoms with Crippen molar-refractivity contribution in [3.05, 3.63) is 35.9 Å². The maximum absolute atomic E-state index is 13.3. The minimum absolute atomic E-state index is 0.154. The number of hydrogen-bond donors (Lipinski definition) is 6. The number of carbonyl (C=O) groups is 5. The van der Waals surface area contributed by atoms with E-state index in [1.54, 1.807) is 31.2 Å². The van der Waals surface area contributed by atoms with Crippen LogP contribution in [0.3, 0.4) is 0 Å². The number of aliphatic carboxylic acids is 1. The lowest BCUT2D eigenvalue weighted by atomic mass is 9.96. The molecule has 8 N–H and O–H groups in total. The van der Waals surface area contributed by atoms with Crippen molar-refractivity contribution < 1.29 is 29.1 Å². The van der Waals surface area contributed by atoms with E-state index in [2.05, 4.69) is 16.0 Å². The molecule has 200 valence electrons. The van der Waals surface area contributed by atoms with E-state index in [1.807, 2.05) is 26.8 Å². The third kappa shape index (κ3) is 10.4. The first kappa shape index (κ1) is 30.6. The number of hydrogen-bond acceptors (Lipinski definition) is 6. The molecule has 1 rings (SSSR count). The summed E-state index contributed by atoms with van der Waals surface area (Å²) in [4.78, 5) is 61.7. The number of nitrogens with one attached hydrogen (secondary N) is 3. The zero-order valence-electron chi connectivity index (χ0n) is 21.3. The molecule has 1 aromatic rings. The molecule has 0 fully saturated rings. The van der Waals surface area contributed by atoms with Gasteiger partial charge in [-0.15, -0.1) is 0 Å². The maximum Gasteiger partial charge on any atom is 0.326 e. The van der Waals surface area contributed by atoms with Crippen LogP contribution in [0.4, 0.5) is 0 Å². The highest BCUT2D eigenvalue weighted by atomic mass is 16.4. The van der Waals surface area contributed by atoms with E-state index in [1.165, 1.54) is 0 Å². The highest BCUT2D eigenvalue weighted by molar-refractivity contribution is 5.95. The second-order valence-corrected chi connectivity index (χ2v) is 9.43. The molecule has 11 nitrogen and oxygen atoms in total. The first-order chi connectivity index (χ1) is 16.8. The Bertz CT molecular complexity index is 907. The first-order valence-electron chi connectivity index (χ1n) is 12.1. The summed E-state index contributed by atoms with van der Waals surface area (Å²) >= 11 is 0. The van der Waals surface area contributed by atoms with Crippen LogP contribution in [0.2, 0.25) is 0 Å². The molecule has 1 aromatic carbocycles. The number of nitrogens with two attached hydrogens (primary N) is 2. The van der Waals surface area contributed by atoms with Gasteiger partial charge in [0.2, 0.25) is 23.6 Å². The molecule has 0 aliphatic rings. The molecule has 36 heavy (non-hydrogen) atoms. The van der Waals surface area contributed by atoms with E-state index in [-0.39, 0.29) is 18.3 Å². The van der Waals surface area contributed by atoms with Crippen LogP contribution in [-0.4, -0.2) is 58.9 Å². The summed E-state index contributed by atoms with van der Waals surface area (Å²) in [6.07, 6.45) is 0.477. The number of carbonyl (C=O) groups excluding carboxylic acids is 4. The number of rotatable bonds is 15. The molecule has 0 aromatic heterocycles. The van der Waals surface area contributed by atoms with Gasteiger partial charge in [-0.25, -0.2) is 4.79 Å². The molecule has 0 saturated carbocycles. The Kier molecular flexibility index (Phi) is 12.6. The van der Waals surface area contributed by atoms with Gasteiger partial charge >= 0.3 is 5.97 Å². The topological polar surface area (TPSA) is 194 Å². The fourth-order valence-electron chi connectivity index (χ4n) is 3.57. The molecule has 0 radical (unpaired) electrons. The molecular weight excluding hydrogens is 466 g/mol. The fourth-order valence-corrected chi connectivity index (χ4v) is 3.57. The standard InChI is InChI=1S/C25H39N5O6/c1-5-15(4)21(24(34)29-19(25(35)36)13-20(27)31)30-23(33)18(12-16-9-7-6-8-10-16)28-22(32)17(26)11-14(2)3/h6-10,14-15,17-19,21H,5,11-13,26H2,1-4H3,(H2,27,31)(H,28,32)(H,29,34)(H,30,33)(H,35,36). The Morgan fingerprint density at radius 3 is 1.97 bits per heavy atom. The predicted molar refractivity (Wildman–Crippen MR) is 134 cm³/mol. The normalized spacial score (nSPS) is 15.2. The summed E-state index contributed by atoms with van der Waals surface area (Å²) in [5.74, 6) is -4.41. The van der Waals surface area contributed by atoms with Crippen LogP contribution >= 0.6 is 0 Å². The Balaban J connectivity index is 3.13. The molecule has 5 atom stereocenters. The van der Waals surface area contributed by atoms with Crippen molar-refractivity contribution in [2.75, 3.05) is 0 Å². The van der Waals surface area contributed by atoms with Crippen molar-refractivity contribution in [2.24, 2.45) is 23.3 Å². The van der Waals surface area contributed by atoms with Gasteiger partial charge < -0.3 is 32.5 Å². The second-order valence-electron chi connectivity index (χ2n) is 9.43. The predicted octanol–water partition coefficient (Wildman–Crippen LogP) is 0.0630. The number of carboxylic acid groups (broad SMARTS) is 1. The molecular formula is C25H39N5O6. The summed E-state index contributed by atoms with van der Waals surface area (Å²) < 4.78 is 0. The number of primary amides is 1. The highest BCUT2D eigenvalue weighted by Crippen LogP contribution is 2.11. The van der Waals surface area contributed by atoms with E-state index in [0.29, 0.717) is 12.8 Å². The van der Waals surface area contributed by atoms with E-state index in [0.717, 1.165) is 5.56 Å². The summed E-state index contributed by atoms with van der Waals surface area (Å²) in [5, 5.41) is 17.0. The monoisotopic (exact) mass is 505 g/mol. The highest BCUT2D eigenvalue weighted by Gasteiger charge is 2.33. The molecule has 5 unspecified atom stereocenters. The summed E-state index contributed by atoms with van der Waals surface area (Å²) in [7, 11) is 0. The van der Waals surface area contributed by atoms with Gasteiger partial charge in [-0.3, -0.25) is 19.2 Å². The molecule has 0 bridgehead atoms. The average Bonchev–Trinajstić information content (AvgIpc) is 2.80. The van der Waals surface area contributed by atoms with Gasteiger partial charge in [0.1, 0.15) is 18.1 Å². The molecule has 0 aliphatic carbocycles. The van der Waals surface area contributed by atoms with Crippen LogP contribution in [-0.2, 0) is 30.4 Å². The van der Waals surface area contributed by atoms with Crippen LogP contribution in [0.5, 0.6) is 0 Å². The van der Waals surface area contributed by atoms with Crippen LogP contribution in [0.15, 0.2) is 30.3 Å². The molecule has 4 amide bonds. The summed E-state index contributed by atoms with van der Waals surface area (Å²) in [6.45, 7) is 7.39. The van der Waals surface area contributed by atoms with E-state index >= 15 is 0 Å². The van der Waals surface area contributed by atoms with Gasteiger partial charge in [-0.05, 0) is 23.8 Å². The minimum atomic E-state index is -1.53.